The van der Waals surface area contributed by atoms with E-state index in [0.29, 0.717) is 12.8 Å². The summed E-state index contributed by atoms with van der Waals surface area (Å²) in [4.78, 5) is 12.3. The van der Waals surface area contributed by atoms with Gasteiger partial charge in [0.15, 0.2) is 0 Å². The van der Waals surface area contributed by atoms with E-state index >= 15 is 0 Å². The maximum absolute atomic E-state index is 12.3. The van der Waals surface area contributed by atoms with Gasteiger partial charge in [-0.1, -0.05) is 264 Å². The summed E-state index contributed by atoms with van der Waals surface area (Å²) >= 11 is 0. The van der Waals surface area contributed by atoms with Crippen LogP contribution in [0, 0.1) is 0 Å². The van der Waals surface area contributed by atoms with Crippen LogP contribution in [0.25, 0.3) is 0 Å². The highest BCUT2D eigenvalue weighted by molar-refractivity contribution is 5.76. The van der Waals surface area contributed by atoms with Gasteiger partial charge >= 0.3 is 0 Å². The van der Waals surface area contributed by atoms with Crippen LogP contribution in [0.5, 0.6) is 0 Å². The van der Waals surface area contributed by atoms with Crippen LogP contribution in [-0.4, -0.2) is 34.9 Å². The van der Waals surface area contributed by atoms with Crippen molar-refractivity contribution >= 4 is 5.91 Å². The maximum atomic E-state index is 12.3. The fourth-order valence-corrected chi connectivity index (χ4v) is 7.89. The van der Waals surface area contributed by atoms with Gasteiger partial charge in [-0.15, -0.1) is 0 Å². The van der Waals surface area contributed by atoms with Crippen LogP contribution < -0.4 is 5.32 Å². The minimum Gasteiger partial charge on any atom is -0.394 e. The van der Waals surface area contributed by atoms with E-state index in [4.69, 9.17) is 0 Å². The number of carbonyl (C=O) groups excluding carboxylic acids is 1. The van der Waals surface area contributed by atoms with Crippen molar-refractivity contribution in [2.75, 3.05) is 6.61 Å². The standard InChI is InChI=1S/C48H97NO3/c1-3-5-7-9-11-13-14-15-16-17-18-19-20-21-22-23-24-25-26-27-28-29-30-31-32-33-34-36-37-39-41-43-47(51)46(45-50)49-48(52)44-42-40-38-35-12-10-8-6-4-2/h46-47,50-51H,3-45H2,1-2H3,(H,49,52). The zero-order valence-corrected chi connectivity index (χ0v) is 35.9. The van der Waals surface area contributed by atoms with Crippen LogP contribution >= 0.6 is 0 Å². The third-order valence-corrected chi connectivity index (χ3v) is 11.6. The Kier molecular flexibility index (Phi) is 44.3. The van der Waals surface area contributed by atoms with Crippen molar-refractivity contribution in [1.29, 1.82) is 0 Å². The largest absolute Gasteiger partial charge is 0.394 e. The summed E-state index contributed by atoms with van der Waals surface area (Å²) in [6.07, 6.45) is 55.1. The molecule has 0 fully saturated rings. The Morgan fingerprint density at radius 1 is 0.385 bits per heavy atom. The Morgan fingerprint density at radius 3 is 0.865 bits per heavy atom. The fraction of sp³-hybridized carbons (Fsp3) is 0.979. The Labute approximate surface area is 327 Å². The van der Waals surface area contributed by atoms with Gasteiger partial charge in [-0.2, -0.15) is 0 Å². The van der Waals surface area contributed by atoms with Gasteiger partial charge in [0.05, 0.1) is 18.8 Å². The van der Waals surface area contributed by atoms with E-state index in [0.717, 1.165) is 25.7 Å². The van der Waals surface area contributed by atoms with E-state index in [1.807, 2.05) is 0 Å². The Morgan fingerprint density at radius 2 is 0.615 bits per heavy atom. The molecule has 0 aromatic rings. The van der Waals surface area contributed by atoms with E-state index in [-0.39, 0.29) is 12.5 Å². The van der Waals surface area contributed by atoms with E-state index in [1.165, 1.54) is 231 Å². The summed E-state index contributed by atoms with van der Waals surface area (Å²) in [7, 11) is 0. The molecule has 1 amide bonds. The second-order valence-electron chi connectivity index (χ2n) is 16.9. The predicted octanol–water partition coefficient (Wildman–Crippen LogP) is 15.2. The van der Waals surface area contributed by atoms with Crippen LogP contribution in [0.3, 0.4) is 0 Å². The van der Waals surface area contributed by atoms with Crippen molar-refractivity contribution in [2.24, 2.45) is 0 Å². The zero-order valence-electron chi connectivity index (χ0n) is 35.9. The van der Waals surface area contributed by atoms with E-state index in [2.05, 4.69) is 19.2 Å². The minimum atomic E-state index is -0.652. The molecule has 0 rings (SSSR count). The number of carbonyl (C=O) groups is 1. The molecule has 3 N–H and O–H groups in total. The quantitative estimate of drug-likeness (QED) is 0.0545. The smallest absolute Gasteiger partial charge is 0.220 e. The van der Waals surface area contributed by atoms with Crippen molar-refractivity contribution in [3.05, 3.63) is 0 Å². The third kappa shape index (κ3) is 40.6. The molecule has 0 aliphatic carbocycles. The summed E-state index contributed by atoms with van der Waals surface area (Å²) in [6, 6.07) is -0.528. The molecule has 0 aromatic carbocycles. The van der Waals surface area contributed by atoms with Gasteiger partial charge in [0.25, 0.3) is 0 Å². The van der Waals surface area contributed by atoms with Gasteiger partial charge in [0, 0.05) is 6.42 Å². The number of unbranched alkanes of at least 4 members (excludes halogenated alkanes) is 38. The van der Waals surface area contributed by atoms with Gasteiger partial charge < -0.3 is 15.5 Å². The molecule has 0 bridgehead atoms. The van der Waals surface area contributed by atoms with Crippen molar-refractivity contribution < 1.29 is 15.0 Å². The Bertz CT molecular complexity index is 670. The molecule has 0 aromatic heterocycles. The molecule has 312 valence electrons. The van der Waals surface area contributed by atoms with Crippen LogP contribution in [0.15, 0.2) is 0 Å². The number of hydrogen-bond acceptors (Lipinski definition) is 3. The first-order valence-corrected chi connectivity index (χ1v) is 24.2. The lowest BCUT2D eigenvalue weighted by Crippen LogP contribution is -2.45. The van der Waals surface area contributed by atoms with Crippen LogP contribution in [0.1, 0.15) is 284 Å². The van der Waals surface area contributed by atoms with Gasteiger partial charge in [-0.25, -0.2) is 0 Å². The average molecular weight is 736 g/mol. The second-order valence-corrected chi connectivity index (χ2v) is 16.9. The zero-order chi connectivity index (χ0) is 37.8. The van der Waals surface area contributed by atoms with Crippen molar-refractivity contribution in [3.63, 3.8) is 0 Å². The summed E-state index contributed by atoms with van der Waals surface area (Å²) in [5.74, 6) is -0.0306. The van der Waals surface area contributed by atoms with E-state index in [9.17, 15) is 15.0 Å². The SMILES string of the molecule is CCCCCCCCCCCCCCCCCCCCCCCCCCCCCCCCCC(O)C(CO)NC(=O)CCCCCCCCCCC. The first-order chi connectivity index (χ1) is 25.7. The van der Waals surface area contributed by atoms with Crippen molar-refractivity contribution in [3.8, 4) is 0 Å². The number of nitrogens with one attached hydrogen (secondary N) is 1. The number of amides is 1. The Hall–Kier alpha value is -0.610. The lowest BCUT2D eigenvalue weighted by Gasteiger charge is -2.22. The highest BCUT2D eigenvalue weighted by Crippen LogP contribution is 2.18. The average Bonchev–Trinajstić information content (AvgIpc) is 3.15. The van der Waals surface area contributed by atoms with E-state index < -0.39 is 12.1 Å². The summed E-state index contributed by atoms with van der Waals surface area (Å²) < 4.78 is 0. The molecular formula is C48H97NO3. The van der Waals surface area contributed by atoms with Crippen LogP contribution in [-0.2, 0) is 4.79 Å². The molecule has 0 heterocycles. The third-order valence-electron chi connectivity index (χ3n) is 11.6. The highest BCUT2D eigenvalue weighted by atomic mass is 16.3. The lowest BCUT2D eigenvalue weighted by atomic mass is 10.0. The molecule has 52 heavy (non-hydrogen) atoms. The van der Waals surface area contributed by atoms with E-state index in [1.54, 1.807) is 0 Å². The molecule has 2 unspecified atom stereocenters. The molecule has 0 radical (unpaired) electrons. The van der Waals surface area contributed by atoms with Gasteiger partial charge in [-0.3, -0.25) is 4.79 Å². The molecule has 0 saturated carbocycles. The maximum Gasteiger partial charge on any atom is 0.220 e. The lowest BCUT2D eigenvalue weighted by molar-refractivity contribution is -0.123. The topological polar surface area (TPSA) is 69.6 Å². The molecule has 0 spiro atoms. The summed E-state index contributed by atoms with van der Waals surface area (Å²) in [5, 5.41) is 23.1. The normalized spacial score (nSPS) is 12.8. The monoisotopic (exact) mass is 736 g/mol. The second kappa shape index (κ2) is 44.8. The minimum absolute atomic E-state index is 0.0306. The Balaban J connectivity index is 3.33. The first-order valence-electron chi connectivity index (χ1n) is 24.2. The molecule has 4 nitrogen and oxygen atoms in total. The highest BCUT2D eigenvalue weighted by Gasteiger charge is 2.20. The molecular weight excluding hydrogens is 639 g/mol. The van der Waals surface area contributed by atoms with Crippen molar-refractivity contribution in [2.45, 2.75) is 296 Å². The van der Waals surface area contributed by atoms with Crippen LogP contribution in [0.2, 0.25) is 0 Å². The number of rotatable bonds is 45. The molecule has 2 atom stereocenters. The summed E-state index contributed by atoms with van der Waals surface area (Å²) in [5.41, 5.74) is 0. The number of hydrogen-bond donors (Lipinski definition) is 3. The molecule has 4 heteroatoms. The number of aliphatic hydroxyl groups is 2. The van der Waals surface area contributed by atoms with Gasteiger partial charge in [-0.05, 0) is 12.8 Å². The molecule has 0 aliphatic heterocycles. The fourth-order valence-electron chi connectivity index (χ4n) is 7.89. The number of aliphatic hydroxyl groups excluding tert-OH is 2. The molecule has 0 aliphatic rings. The van der Waals surface area contributed by atoms with Crippen LogP contribution in [0.4, 0.5) is 0 Å². The predicted molar refractivity (Wildman–Crippen MR) is 230 cm³/mol. The summed E-state index contributed by atoms with van der Waals surface area (Å²) in [6.45, 7) is 4.36. The first kappa shape index (κ1) is 51.4. The molecule has 0 saturated heterocycles. The van der Waals surface area contributed by atoms with Crippen molar-refractivity contribution in [1.82, 2.24) is 5.32 Å². The van der Waals surface area contributed by atoms with Gasteiger partial charge in [0.1, 0.15) is 0 Å². The van der Waals surface area contributed by atoms with Gasteiger partial charge in [0.2, 0.25) is 5.91 Å².